The first-order valence-electron chi connectivity index (χ1n) is 7.01. The molecule has 3 rings (SSSR count). The van der Waals surface area contributed by atoms with Gasteiger partial charge < -0.3 is 9.84 Å². The fourth-order valence-electron chi connectivity index (χ4n) is 3.11. The Morgan fingerprint density at radius 3 is 3.11 bits per heavy atom. The van der Waals surface area contributed by atoms with Gasteiger partial charge in [-0.25, -0.2) is 0 Å². The van der Waals surface area contributed by atoms with Crippen molar-refractivity contribution in [3.05, 3.63) is 11.7 Å². The number of nitrogens with one attached hydrogen (secondary N) is 1. The molecule has 2 saturated heterocycles. The van der Waals surface area contributed by atoms with Gasteiger partial charge in [-0.15, -0.1) is 0 Å². The molecule has 2 unspecified atom stereocenters. The van der Waals surface area contributed by atoms with E-state index < -0.39 is 0 Å². The van der Waals surface area contributed by atoms with E-state index in [2.05, 4.69) is 34.2 Å². The first kappa shape index (κ1) is 12.1. The van der Waals surface area contributed by atoms with E-state index in [0.717, 1.165) is 37.3 Å². The highest BCUT2D eigenvalue weighted by atomic mass is 16.5. The van der Waals surface area contributed by atoms with Crippen molar-refractivity contribution in [1.29, 1.82) is 0 Å². The van der Waals surface area contributed by atoms with E-state index in [1.807, 2.05) is 0 Å². The second-order valence-corrected chi connectivity index (χ2v) is 5.80. The van der Waals surface area contributed by atoms with Crippen molar-refractivity contribution in [2.45, 2.75) is 45.2 Å². The second kappa shape index (κ2) is 4.97. The van der Waals surface area contributed by atoms with Crippen LogP contribution in [-0.4, -0.2) is 40.7 Å². The maximum absolute atomic E-state index is 5.28. The van der Waals surface area contributed by atoms with Gasteiger partial charge in [0.05, 0.1) is 6.54 Å². The largest absolute Gasteiger partial charge is 0.339 e. The van der Waals surface area contributed by atoms with Gasteiger partial charge in [0.2, 0.25) is 5.89 Å². The van der Waals surface area contributed by atoms with Crippen molar-refractivity contribution < 1.29 is 4.52 Å². The molecular formula is C13H22N4O. The molecule has 18 heavy (non-hydrogen) atoms. The van der Waals surface area contributed by atoms with Gasteiger partial charge in [0.25, 0.3) is 0 Å². The first-order chi connectivity index (χ1) is 8.74. The Morgan fingerprint density at radius 2 is 2.33 bits per heavy atom. The zero-order valence-corrected chi connectivity index (χ0v) is 11.2. The van der Waals surface area contributed by atoms with Gasteiger partial charge in [0.15, 0.2) is 5.82 Å². The zero-order chi connectivity index (χ0) is 12.5. The van der Waals surface area contributed by atoms with Crippen LogP contribution in [0.5, 0.6) is 0 Å². The third-order valence-corrected chi connectivity index (χ3v) is 4.12. The van der Waals surface area contributed by atoms with Crippen LogP contribution in [0.2, 0.25) is 0 Å². The summed E-state index contributed by atoms with van der Waals surface area (Å²) in [6.45, 7) is 8.43. The Balaban J connectivity index is 1.67. The lowest BCUT2D eigenvalue weighted by Crippen LogP contribution is -2.44. The van der Waals surface area contributed by atoms with Crippen molar-refractivity contribution in [1.82, 2.24) is 20.4 Å². The highest BCUT2D eigenvalue weighted by molar-refractivity contribution is 4.96. The number of hydrogen-bond acceptors (Lipinski definition) is 5. The fraction of sp³-hybridized carbons (Fsp3) is 0.846. The molecule has 0 radical (unpaired) electrons. The van der Waals surface area contributed by atoms with Crippen LogP contribution < -0.4 is 5.32 Å². The minimum atomic E-state index is 0.313. The Bertz CT molecular complexity index is 403. The van der Waals surface area contributed by atoms with Gasteiger partial charge in [0, 0.05) is 18.5 Å². The number of piperidine rings is 1. The molecule has 1 aromatic heterocycles. The molecule has 5 nitrogen and oxygen atoms in total. The number of fused-ring (bicyclic) bond motifs is 1. The van der Waals surface area contributed by atoms with Crippen LogP contribution in [0.1, 0.15) is 44.3 Å². The van der Waals surface area contributed by atoms with Gasteiger partial charge >= 0.3 is 0 Å². The number of rotatable bonds is 3. The van der Waals surface area contributed by atoms with Crippen molar-refractivity contribution >= 4 is 0 Å². The number of aromatic nitrogens is 2. The maximum Gasteiger partial charge on any atom is 0.229 e. The van der Waals surface area contributed by atoms with Gasteiger partial charge in [0.1, 0.15) is 0 Å². The Kier molecular flexibility index (Phi) is 3.35. The predicted molar refractivity (Wildman–Crippen MR) is 68.2 cm³/mol. The number of likely N-dealkylation sites (tertiary alicyclic amines) is 1. The summed E-state index contributed by atoms with van der Waals surface area (Å²) in [5, 5.41) is 7.60. The third-order valence-electron chi connectivity index (χ3n) is 4.12. The monoisotopic (exact) mass is 250 g/mol. The molecule has 5 heteroatoms. The molecule has 0 amide bonds. The lowest BCUT2D eigenvalue weighted by molar-refractivity contribution is 0.113. The minimum Gasteiger partial charge on any atom is -0.339 e. The molecule has 0 bridgehead atoms. The summed E-state index contributed by atoms with van der Waals surface area (Å²) >= 11 is 0. The van der Waals surface area contributed by atoms with E-state index in [4.69, 9.17) is 4.52 Å². The molecule has 1 N–H and O–H groups in total. The SMILES string of the molecule is CC(C)c1nc(CN2CCCC3CNCC32)no1. The van der Waals surface area contributed by atoms with Crippen molar-refractivity contribution in [3.8, 4) is 0 Å². The van der Waals surface area contributed by atoms with Crippen LogP contribution >= 0.6 is 0 Å². The van der Waals surface area contributed by atoms with Crippen LogP contribution in [0, 0.1) is 5.92 Å². The molecule has 1 aromatic rings. The lowest BCUT2D eigenvalue weighted by Gasteiger charge is -2.36. The van der Waals surface area contributed by atoms with E-state index in [-0.39, 0.29) is 0 Å². The fourth-order valence-corrected chi connectivity index (χ4v) is 3.11. The molecule has 3 heterocycles. The Labute approximate surface area is 108 Å². The zero-order valence-electron chi connectivity index (χ0n) is 11.2. The Hall–Kier alpha value is -0.940. The summed E-state index contributed by atoms with van der Waals surface area (Å²) in [6, 6.07) is 0.666. The van der Waals surface area contributed by atoms with Crippen molar-refractivity contribution in [2.75, 3.05) is 19.6 Å². The molecule has 0 aromatic carbocycles. The van der Waals surface area contributed by atoms with Gasteiger partial charge in [-0.1, -0.05) is 19.0 Å². The van der Waals surface area contributed by atoms with Gasteiger partial charge in [-0.2, -0.15) is 4.98 Å². The summed E-state index contributed by atoms with van der Waals surface area (Å²) in [5.41, 5.74) is 0. The normalized spacial score (nSPS) is 28.8. The summed E-state index contributed by atoms with van der Waals surface area (Å²) < 4.78 is 5.28. The highest BCUT2D eigenvalue weighted by Gasteiger charge is 2.35. The second-order valence-electron chi connectivity index (χ2n) is 5.80. The smallest absolute Gasteiger partial charge is 0.229 e. The van der Waals surface area contributed by atoms with Crippen molar-refractivity contribution in [2.24, 2.45) is 5.92 Å². The van der Waals surface area contributed by atoms with E-state index in [0.29, 0.717) is 12.0 Å². The molecular weight excluding hydrogens is 228 g/mol. The van der Waals surface area contributed by atoms with Crippen LogP contribution in [-0.2, 0) is 6.54 Å². The summed E-state index contributed by atoms with van der Waals surface area (Å²) in [6.07, 6.45) is 2.65. The van der Waals surface area contributed by atoms with Gasteiger partial charge in [-0.05, 0) is 31.8 Å². The maximum atomic E-state index is 5.28. The predicted octanol–water partition coefficient (Wildman–Crippen LogP) is 1.38. The van der Waals surface area contributed by atoms with E-state index in [1.165, 1.54) is 19.4 Å². The average Bonchev–Trinajstić information content (AvgIpc) is 2.97. The summed E-state index contributed by atoms with van der Waals surface area (Å²) in [5.74, 6) is 2.72. The van der Waals surface area contributed by atoms with Crippen molar-refractivity contribution in [3.63, 3.8) is 0 Å². The molecule has 2 aliphatic rings. The van der Waals surface area contributed by atoms with E-state index in [1.54, 1.807) is 0 Å². The molecule has 2 atom stereocenters. The molecule has 0 aliphatic carbocycles. The van der Waals surface area contributed by atoms with Gasteiger partial charge in [-0.3, -0.25) is 4.90 Å². The summed E-state index contributed by atoms with van der Waals surface area (Å²) in [4.78, 5) is 7.00. The minimum absolute atomic E-state index is 0.313. The quantitative estimate of drug-likeness (QED) is 0.878. The molecule has 100 valence electrons. The highest BCUT2D eigenvalue weighted by Crippen LogP contribution is 2.27. The molecule has 0 spiro atoms. The summed E-state index contributed by atoms with van der Waals surface area (Å²) in [7, 11) is 0. The molecule has 0 saturated carbocycles. The van der Waals surface area contributed by atoms with E-state index >= 15 is 0 Å². The van der Waals surface area contributed by atoms with Crippen LogP contribution in [0.15, 0.2) is 4.52 Å². The van der Waals surface area contributed by atoms with Crippen LogP contribution in [0.25, 0.3) is 0 Å². The number of nitrogens with zero attached hydrogens (tertiary/aromatic N) is 3. The topological polar surface area (TPSA) is 54.2 Å². The average molecular weight is 250 g/mol. The van der Waals surface area contributed by atoms with Crippen LogP contribution in [0.4, 0.5) is 0 Å². The standard InChI is InChI=1S/C13H22N4O/c1-9(2)13-15-12(16-18-13)8-17-5-3-4-10-6-14-7-11(10)17/h9-11,14H,3-8H2,1-2H3. The Morgan fingerprint density at radius 1 is 1.44 bits per heavy atom. The first-order valence-corrected chi connectivity index (χ1v) is 7.01. The van der Waals surface area contributed by atoms with E-state index in [9.17, 15) is 0 Å². The molecule has 2 fully saturated rings. The number of hydrogen-bond donors (Lipinski definition) is 1. The van der Waals surface area contributed by atoms with Crippen LogP contribution in [0.3, 0.4) is 0 Å². The lowest BCUT2D eigenvalue weighted by atomic mass is 9.92. The third kappa shape index (κ3) is 2.29. The molecule has 2 aliphatic heterocycles.